The van der Waals surface area contributed by atoms with Gasteiger partial charge in [-0.3, -0.25) is 0 Å². The van der Waals surface area contributed by atoms with Gasteiger partial charge in [0.1, 0.15) is 18.1 Å². The first kappa shape index (κ1) is 17.7. The highest BCUT2D eigenvalue weighted by atomic mass is 16.5. The molecule has 0 aliphatic carbocycles. The van der Waals surface area contributed by atoms with Crippen LogP contribution in [0.15, 0.2) is 42.5 Å². The maximum atomic E-state index is 11.9. The molecule has 0 spiro atoms. The Morgan fingerprint density at radius 2 is 1.67 bits per heavy atom. The van der Waals surface area contributed by atoms with Crippen LogP contribution in [-0.4, -0.2) is 25.8 Å². The van der Waals surface area contributed by atoms with Crippen LogP contribution in [0.1, 0.15) is 18.1 Å². The van der Waals surface area contributed by atoms with E-state index in [-0.39, 0.29) is 6.03 Å². The molecule has 0 bridgehead atoms. The Balaban J connectivity index is 1.73. The van der Waals surface area contributed by atoms with Crippen LogP contribution in [0.25, 0.3) is 0 Å². The highest BCUT2D eigenvalue weighted by Crippen LogP contribution is 2.21. The van der Waals surface area contributed by atoms with Crippen molar-refractivity contribution in [1.29, 1.82) is 0 Å². The van der Waals surface area contributed by atoms with Crippen molar-refractivity contribution < 1.29 is 14.3 Å². The number of aryl methyl sites for hydroxylation is 2. The Morgan fingerprint density at radius 1 is 1.00 bits per heavy atom. The predicted octanol–water partition coefficient (Wildman–Crippen LogP) is 3.90. The number of amides is 2. The largest absolute Gasteiger partial charge is 0.494 e. The summed E-state index contributed by atoms with van der Waals surface area (Å²) in [7, 11) is 0. The second-order valence-corrected chi connectivity index (χ2v) is 5.41. The van der Waals surface area contributed by atoms with Crippen molar-refractivity contribution in [3.63, 3.8) is 0 Å². The van der Waals surface area contributed by atoms with Gasteiger partial charge in [0, 0.05) is 5.69 Å². The monoisotopic (exact) mass is 328 g/mol. The van der Waals surface area contributed by atoms with Gasteiger partial charge in [-0.1, -0.05) is 18.2 Å². The molecular formula is C19H24N2O3. The molecule has 5 nitrogen and oxygen atoms in total. The van der Waals surface area contributed by atoms with Crippen molar-refractivity contribution >= 4 is 11.7 Å². The summed E-state index contributed by atoms with van der Waals surface area (Å²) >= 11 is 0. The van der Waals surface area contributed by atoms with Crippen LogP contribution in [-0.2, 0) is 0 Å². The number of para-hydroxylation sites is 1. The summed E-state index contributed by atoms with van der Waals surface area (Å²) in [4.78, 5) is 11.9. The number of carbonyl (C=O) groups excluding carboxylic acids is 1. The zero-order valence-corrected chi connectivity index (χ0v) is 14.4. The molecule has 0 saturated heterocycles. The van der Waals surface area contributed by atoms with E-state index >= 15 is 0 Å². The lowest BCUT2D eigenvalue weighted by Crippen LogP contribution is -2.32. The van der Waals surface area contributed by atoms with Crippen molar-refractivity contribution in [1.82, 2.24) is 5.32 Å². The van der Waals surface area contributed by atoms with E-state index in [9.17, 15) is 4.79 Å². The Bertz CT molecular complexity index is 649. The maximum absolute atomic E-state index is 11.9. The van der Waals surface area contributed by atoms with Crippen LogP contribution >= 0.6 is 0 Å². The zero-order valence-electron chi connectivity index (χ0n) is 14.4. The quantitative estimate of drug-likeness (QED) is 0.758. The summed E-state index contributed by atoms with van der Waals surface area (Å²) in [6.45, 7) is 7.41. The molecule has 2 aromatic rings. The van der Waals surface area contributed by atoms with E-state index in [4.69, 9.17) is 9.47 Å². The number of rotatable bonds is 7. The van der Waals surface area contributed by atoms with Crippen LogP contribution in [0.2, 0.25) is 0 Å². The SMILES string of the molecule is CCOc1ccc(NC(=O)NCCOc2c(C)cccc2C)cc1. The minimum atomic E-state index is -0.260. The fraction of sp³-hybridized carbons (Fsp3) is 0.316. The second kappa shape index (κ2) is 8.82. The second-order valence-electron chi connectivity index (χ2n) is 5.41. The molecular weight excluding hydrogens is 304 g/mol. The molecule has 0 fully saturated rings. The van der Waals surface area contributed by atoms with Crippen molar-refractivity contribution in [2.75, 3.05) is 25.1 Å². The van der Waals surface area contributed by atoms with Crippen molar-refractivity contribution in [2.45, 2.75) is 20.8 Å². The van der Waals surface area contributed by atoms with E-state index in [1.54, 1.807) is 12.1 Å². The Hall–Kier alpha value is -2.69. The third kappa shape index (κ3) is 5.19. The molecule has 2 amide bonds. The van der Waals surface area contributed by atoms with E-state index in [0.717, 1.165) is 22.6 Å². The minimum absolute atomic E-state index is 0.260. The highest BCUT2D eigenvalue weighted by Gasteiger charge is 2.04. The average molecular weight is 328 g/mol. The minimum Gasteiger partial charge on any atom is -0.494 e. The normalized spacial score (nSPS) is 10.1. The van der Waals surface area contributed by atoms with Gasteiger partial charge in [0.2, 0.25) is 0 Å². The van der Waals surface area contributed by atoms with Gasteiger partial charge < -0.3 is 20.1 Å². The molecule has 128 valence electrons. The summed E-state index contributed by atoms with van der Waals surface area (Å²) in [5.41, 5.74) is 2.90. The van der Waals surface area contributed by atoms with Crippen LogP contribution in [0.4, 0.5) is 10.5 Å². The van der Waals surface area contributed by atoms with Crippen molar-refractivity contribution in [3.05, 3.63) is 53.6 Å². The molecule has 24 heavy (non-hydrogen) atoms. The van der Waals surface area contributed by atoms with Crippen molar-refractivity contribution in [2.24, 2.45) is 0 Å². The predicted molar refractivity (Wildman–Crippen MR) is 96.0 cm³/mol. The number of urea groups is 1. The van der Waals surface area contributed by atoms with E-state index in [1.807, 2.05) is 51.1 Å². The van der Waals surface area contributed by atoms with E-state index < -0.39 is 0 Å². The van der Waals surface area contributed by atoms with E-state index in [1.165, 1.54) is 0 Å². The topological polar surface area (TPSA) is 59.6 Å². The van der Waals surface area contributed by atoms with Crippen molar-refractivity contribution in [3.8, 4) is 11.5 Å². The molecule has 0 heterocycles. The van der Waals surface area contributed by atoms with Gasteiger partial charge in [0.05, 0.1) is 13.2 Å². The summed E-state index contributed by atoms with van der Waals surface area (Å²) in [5.74, 6) is 1.66. The fourth-order valence-corrected chi connectivity index (χ4v) is 2.32. The third-order valence-corrected chi connectivity index (χ3v) is 3.47. The van der Waals surface area contributed by atoms with Gasteiger partial charge in [0.25, 0.3) is 0 Å². The van der Waals surface area contributed by atoms with Crippen LogP contribution in [0.3, 0.4) is 0 Å². The number of carbonyl (C=O) groups is 1. The zero-order chi connectivity index (χ0) is 17.4. The number of hydrogen-bond acceptors (Lipinski definition) is 3. The molecule has 5 heteroatoms. The first-order chi connectivity index (χ1) is 11.6. The van der Waals surface area contributed by atoms with Crippen LogP contribution in [0, 0.1) is 13.8 Å². The summed E-state index contributed by atoms with van der Waals surface area (Å²) in [5, 5.41) is 5.55. The van der Waals surface area contributed by atoms with Gasteiger partial charge in [-0.05, 0) is 56.2 Å². The Labute approximate surface area is 143 Å². The molecule has 0 radical (unpaired) electrons. The highest BCUT2D eigenvalue weighted by molar-refractivity contribution is 5.89. The van der Waals surface area contributed by atoms with Crippen LogP contribution < -0.4 is 20.1 Å². The molecule has 0 aliphatic heterocycles. The Morgan fingerprint density at radius 3 is 2.29 bits per heavy atom. The fourth-order valence-electron chi connectivity index (χ4n) is 2.32. The lowest BCUT2D eigenvalue weighted by molar-refractivity contribution is 0.247. The summed E-state index contributed by atoms with van der Waals surface area (Å²) in [6.07, 6.45) is 0. The molecule has 2 N–H and O–H groups in total. The van der Waals surface area contributed by atoms with E-state index in [2.05, 4.69) is 10.6 Å². The first-order valence-corrected chi connectivity index (χ1v) is 8.07. The molecule has 2 aromatic carbocycles. The van der Waals surface area contributed by atoms with Gasteiger partial charge in [0.15, 0.2) is 0 Å². The number of ether oxygens (including phenoxy) is 2. The van der Waals surface area contributed by atoms with E-state index in [0.29, 0.717) is 25.4 Å². The lowest BCUT2D eigenvalue weighted by Gasteiger charge is -2.13. The standard InChI is InChI=1S/C19H24N2O3/c1-4-23-17-10-8-16(9-11-17)21-19(22)20-12-13-24-18-14(2)6-5-7-15(18)3/h5-11H,4,12-13H2,1-3H3,(H2,20,21,22). The Kier molecular flexibility index (Phi) is 6.49. The molecule has 0 unspecified atom stereocenters. The van der Waals surface area contributed by atoms with Crippen LogP contribution in [0.5, 0.6) is 11.5 Å². The number of nitrogens with one attached hydrogen (secondary N) is 2. The smallest absolute Gasteiger partial charge is 0.319 e. The average Bonchev–Trinajstić information content (AvgIpc) is 2.56. The third-order valence-electron chi connectivity index (χ3n) is 3.47. The summed E-state index contributed by atoms with van der Waals surface area (Å²) in [6, 6.07) is 13.0. The summed E-state index contributed by atoms with van der Waals surface area (Å²) < 4.78 is 11.1. The number of anilines is 1. The molecule has 0 saturated carbocycles. The van der Waals surface area contributed by atoms with Gasteiger partial charge in [-0.15, -0.1) is 0 Å². The number of hydrogen-bond donors (Lipinski definition) is 2. The molecule has 2 rings (SSSR count). The number of benzene rings is 2. The molecule has 0 atom stereocenters. The van der Waals surface area contributed by atoms with Gasteiger partial charge in [-0.2, -0.15) is 0 Å². The van der Waals surface area contributed by atoms with Gasteiger partial charge in [-0.25, -0.2) is 4.79 Å². The maximum Gasteiger partial charge on any atom is 0.319 e. The van der Waals surface area contributed by atoms with Gasteiger partial charge >= 0.3 is 6.03 Å². The molecule has 0 aromatic heterocycles. The molecule has 0 aliphatic rings. The first-order valence-electron chi connectivity index (χ1n) is 8.07. The lowest BCUT2D eigenvalue weighted by atomic mass is 10.1.